The minimum Gasteiger partial charge on any atom is -1.00 e. The van der Waals surface area contributed by atoms with Gasteiger partial charge in [-0.05, 0) is 74.6 Å². The SMILES string of the molecule is Cc1ccc(C(c2cccc(Cl)c2)=c2c(C(C)(C)C)c(C(C)(C)C)c(C3=CC=CC3)c3c2=c2cc(C(C)(C)C)c(C(C)(C)C)cc2=[C-]3)cc1.[Cl-].[Cl-].[Zr+3]. The zero-order valence-corrected chi connectivity index (χ0v) is 38.1. The summed E-state index contributed by atoms with van der Waals surface area (Å²) < 4.78 is 0. The Balaban J connectivity index is 0.00000243. The number of halogens is 3. The van der Waals surface area contributed by atoms with E-state index in [1.807, 2.05) is 6.07 Å². The van der Waals surface area contributed by atoms with E-state index >= 15 is 0 Å². The Labute approximate surface area is 350 Å². The molecule has 0 aliphatic heterocycles. The molecule has 0 heterocycles. The molecule has 0 atom stereocenters. The van der Waals surface area contributed by atoms with E-state index in [0.29, 0.717) is 0 Å². The number of rotatable bonds is 3. The summed E-state index contributed by atoms with van der Waals surface area (Å²) in [5, 5.41) is 5.84. The first-order chi connectivity index (χ1) is 22.7. The molecule has 0 spiro atoms. The second-order valence-corrected chi connectivity index (χ2v) is 18.8. The molecule has 0 N–H and O–H groups in total. The summed E-state index contributed by atoms with van der Waals surface area (Å²) in [5.74, 6) is 0. The van der Waals surface area contributed by atoms with Crippen LogP contribution in [0.15, 0.2) is 78.9 Å². The van der Waals surface area contributed by atoms with E-state index in [1.165, 1.54) is 76.5 Å². The van der Waals surface area contributed by atoms with Crippen molar-refractivity contribution in [2.45, 2.75) is 118 Å². The van der Waals surface area contributed by atoms with Crippen LogP contribution in [-0.4, -0.2) is 0 Å². The van der Waals surface area contributed by atoms with Gasteiger partial charge in [0.25, 0.3) is 0 Å². The second kappa shape index (κ2) is 15.5. The molecule has 271 valence electrons. The molecule has 0 fully saturated rings. The summed E-state index contributed by atoms with van der Waals surface area (Å²) in [4.78, 5) is 0. The fourth-order valence-corrected chi connectivity index (χ4v) is 8.14. The molecule has 0 amide bonds. The first-order valence-electron chi connectivity index (χ1n) is 18.0. The van der Waals surface area contributed by atoms with E-state index < -0.39 is 0 Å². The topological polar surface area (TPSA) is 0 Å². The van der Waals surface area contributed by atoms with Gasteiger partial charge in [-0.2, -0.15) is 0 Å². The third-order valence-electron chi connectivity index (χ3n) is 10.1. The molecule has 0 bridgehead atoms. The van der Waals surface area contributed by atoms with E-state index in [2.05, 4.69) is 169 Å². The fourth-order valence-electron chi connectivity index (χ4n) is 7.95. The number of hydrogen-bond donors (Lipinski definition) is 0. The quantitative estimate of drug-likeness (QED) is 0.204. The van der Waals surface area contributed by atoms with Crippen LogP contribution >= 0.6 is 11.6 Å². The molecule has 2 aliphatic carbocycles. The third kappa shape index (κ3) is 8.25. The summed E-state index contributed by atoms with van der Waals surface area (Å²) in [6, 6.07) is 22.5. The molecule has 0 saturated carbocycles. The summed E-state index contributed by atoms with van der Waals surface area (Å²) >= 11 is 6.82. The third-order valence-corrected chi connectivity index (χ3v) is 10.3. The van der Waals surface area contributed by atoms with Crippen molar-refractivity contribution in [2.75, 3.05) is 0 Å². The van der Waals surface area contributed by atoms with Crippen LogP contribution in [0.4, 0.5) is 0 Å². The van der Waals surface area contributed by atoms with Crippen molar-refractivity contribution in [2.24, 2.45) is 0 Å². The summed E-state index contributed by atoms with van der Waals surface area (Å²) in [5.41, 5.74) is 14.1. The summed E-state index contributed by atoms with van der Waals surface area (Å²) in [6.07, 6.45) is 11.9. The number of benzene rings is 4. The maximum atomic E-state index is 6.82. The average Bonchev–Trinajstić information content (AvgIpc) is 3.63. The molecule has 1 radical (unpaired) electrons. The van der Waals surface area contributed by atoms with Gasteiger partial charge in [0.2, 0.25) is 0 Å². The van der Waals surface area contributed by atoms with Crippen molar-refractivity contribution in [1.82, 2.24) is 0 Å². The Morgan fingerprint density at radius 2 is 1.25 bits per heavy atom. The minimum atomic E-state index is -0.177. The molecule has 0 nitrogen and oxygen atoms in total. The summed E-state index contributed by atoms with van der Waals surface area (Å²) in [6.45, 7) is 30.6. The predicted molar refractivity (Wildman–Crippen MR) is 213 cm³/mol. The average molecular weight is 829 g/mol. The Morgan fingerprint density at radius 1 is 0.673 bits per heavy atom. The maximum absolute atomic E-state index is 6.82. The van der Waals surface area contributed by atoms with E-state index in [4.69, 9.17) is 11.6 Å². The first kappa shape index (κ1) is 44.3. The van der Waals surface area contributed by atoms with Crippen molar-refractivity contribution in [3.8, 4) is 0 Å². The van der Waals surface area contributed by atoms with Gasteiger partial charge in [-0.3, -0.25) is 0 Å². The number of allylic oxidation sites excluding steroid dienone is 4. The zero-order chi connectivity index (χ0) is 35.8. The van der Waals surface area contributed by atoms with Crippen LogP contribution in [0.3, 0.4) is 0 Å². The van der Waals surface area contributed by atoms with E-state index in [-0.39, 0.29) is 72.7 Å². The second-order valence-electron chi connectivity index (χ2n) is 18.4. The molecule has 6 rings (SSSR count). The largest absolute Gasteiger partial charge is 3.00 e. The van der Waals surface area contributed by atoms with Crippen molar-refractivity contribution in [3.63, 3.8) is 0 Å². The Kier molecular flexibility index (Phi) is 13.2. The van der Waals surface area contributed by atoms with Crippen molar-refractivity contribution < 1.29 is 51.0 Å². The van der Waals surface area contributed by atoms with Gasteiger partial charge in [0.1, 0.15) is 0 Å². The number of aryl methyl sites for hydroxylation is 1. The van der Waals surface area contributed by atoms with Gasteiger partial charge in [-0.1, -0.05) is 189 Å². The van der Waals surface area contributed by atoms with Crippen LogP contribution in [0.25, 0.3) is 17.2 Å². The van der Waals surface area contributed by atoms with Crippen LogP contribution < -0.4 is 35.3 Å². The monoisotopic (exact) mass is 825 g/mol. The smallest absolute Gasteiger partial charge is 1.00 e. The van der Waals surface area contributed by atoms with Gasteiger partial charge >= 0.3 is 26.2 Å². The first-order valence-corrected chi connectivity index (χ1v) is 18.3. The standard InChI is InChI=1S/C48H54Cl.2ClH.Zr/c1-29-21-23-31(24-22-29)39(32-19-16-20-34(49)25-32)42-41-35-28-38(46(5,6)7)37(45(2,3)4)27-33(35)26-36(41)40(30-17-14-15-18-30)43(47(8,9)10)44(42)48(11,12)13;;;/h14-17,19-25,27-28H,18H2,1-13H3;2*1H;/q-1;;;+3/p-2. The van der Waals surface area contributed by atoms with Crippen LogP contribution in [-0.2, 0) is 47.9 Å². The molecular weight excluding hydrogens is 774 g/mol. The predicted octanol–water partition coefficient (Wildman–Crippen LogP) is 5.74. The summed E-state index contributed by atoms with van der Waals surface area (Å²) in [7, 11) is 0. The van der Waals surface area contributed by atoms with Gasteiger partial charge in [0.05, 0.1) is 0 Å². The molecule has 4 aromatic rings. The zero-order valence-electron chi connectivity index (χ0n) is 33.3. The number of fused-ring (bicyclic) bond motifs is 2. The normalized spacial score (nSPS) is 14.3. The van der Waals surface area contributed by atoms with Gasteiger partial charge < -0.3 is 24.8 Å². The van der Waals surface area contributed by atoms with Gasteiger partial charge in [-0.15, -0.1) is 33.4 Å². The van der Waals surface area contributed by atoms with Crippen molar-refractivity contribution in [1.29, 1.82) is 0 Å². The number of hydrogen-bond acceptors (Lipinski definition) is 0. The Bertz CT molecular complexity index is 2280. The van der Waals surface area contributed by atoms with Crippen LogP contribution in [0.5, 0.6) is 0 Å². The molecule has 0 unspecified atom stereocenters. The molecule has 0 aromatic heterocycles. The van der Waals surface area contributed by atoms with Crippen LogP contribution in [0.1, 0.15) is 140 Å². The minimum absolute atomic E-state index is 0. The van der Waals surface area contributed by atoms with Crippen molar-refractivity contribution >= 4 is 28.8 Å². The molecule has 52 heavy (non-hydrogen) atoms. The Morgan fingerprint density at radius 3 is 1.75 bits per heavy atom. The maximum Gasteiger partial charge on any atom is 3.00 e. The molecule has 4 aromatic carbocycles. The van der Waals surface area contributed by atoms with E-state index in [0.717, 1.165) is 17.0 Å². The Hall–Kier alpha value is -2.15. The van der Waals surface area contributed by atoms with Gasteiger partial charge in [-0.25, -0.2) is 0 Å². The fraction of sp³-hybridized carbons (Fsp3) is 0.375. The van der Waals surface area contributed by atoms with Crippen LogP contribution in [0, 0.1) is 17.4 Å². The molecule has 2 aliphatic rings. The van der Waals surface area contributed by atoms with E-state index in [9.17, 15) is 0 Å². The molecule has 4 heteroatoms. The molecular formula is C48H54Cl3Zr. The van der Waals surface area contributed by atoms with Gasteiger partial charge in [0.15, 0.2) is 0 Å². The van der Waals surface area contributed by atoms with Crippen LogP contribution in [0.2, 0.25) is 5.02 Å². The van der Waals surface area contributed by atoms with Gasteiger partial charge in [0, 0.05) is 5.02 Å². The molecule has 0 saturated heterocycles. The van der Waals surface area contributed by atoms with Crippen molar-refractivity contribution in [3.05, 3.63) is 155 Å². The van der Waals surface area contributed by atoms with E-state index in [1.54, 1.807) is 0 Å².